The summed E-state index contributed by atoms with van der Waals surface area (Å²) in [5.41, 5.74) is 4.11. The van der Waals surface area contributed by atoms with E-state index in [2.05, 4.69) is 4.98 Å². The molecule has 0 spiro atoms. The Morgan fingerprint density at radius 2 is 1.91 bits per heavy atom. The summed E-state index contributed by atoms with van der Waals surface area (Å²) < 4.78 is 64.8. The minimum Gasteiger partial charge on any atom is -0.369 e. The molecule has 2 atom stereocenters. The topological polar surface area (TPSA) is 76.3 Å². The molecule has 0 unspecified atom stereocenters. The van der Waals surface area contributed by atoms with Gasteiger partial charge in [-0.05, 0) is 0 Å². The summed E-state index contributed by atoms with van der Waals surface area (Å²) in [6, 6.07) is 0.392. The highest BCUT2D eigenvalue weighted by atomic mass is 19.4. The van der Waals surface area contributed by atoms with E-state index in [1.807, 2.05) is 0 Å². The maximum absolute atomic E-state index is 13.5. The molecule has 0 aromatic carbocycles. The SMILES string of the molecule is NC(=O)[C@@H]1CN(C(=O)c2ncc(F)cc2F)C[C@H]1C(F)(F)F. The summed E-state index contributed by atoms with van der Waals surface area (Å²) in [7, 11) is 0. The lowest BCUT2D eigenvalue weighted by atomic mass is 9.95. The third-order valence-electron chi connectivity index (χ3n) is 3.40. The lowest BCUT2D eigenvalue weighted by molar-refractivity contribution is -0.182. The summed E-state index contributed by atoms with van der Waals surface area (Å²) >= 11 is 0. The number of carbonyl (C=O) groups is 2. The zero-order chi connectivity index (χ0) is 16.7. The van der Waals surface area contributed by atoms with Crippen LogP contribution >= 0.6 is 0 Å². The van der Waals surface area contributed by atoms with Gasteiger partial charge in [-0.1, -0.05) is 0 Å². The second-order valence-corrected chi connectivity index (χ2v) is 4.85. The maximum Gasteiger partial charge on any atom is 0.394 e. The molecule has 1 fully saturated rings. The Bertz CT molecular complexity index is 619. The Morgan fingerprint density at radius 1 is 1.27 bits per heavy atom. The number of primary amides is 1. The van der Waals surface area contributed by atoms with Gasteiger partial charge in [-0.2, -0.15) is 13.2 Å². The zero-order valence-corrected chi connectivity index (χ0v) is 10.9. The van der Waals surface area contributed by atoms with Gasteiger partial charge in [0, 0.05) is 19.2 Å². The first-order valence-electron chi connectivity index (χ1n) is 6.07. The van der Waals surface area contributed by atoms with E-state index >= 15 is 0 Å². The van der Waals surface area contributed by atoms with Crippen LogP contribution in [0.4, 0.5) is 22.0 Å². The van der Waals surface area contributed by atoms with E-state index in [1.165, 1.54) is 0 Å². The van der Waals surface area contributed by atoms with Crippen LogP contribution in [0.2, 0.25) is 0 Å². The minimum atomic E-state index is -4.73. The Hall–Kier alpha value is -2.26. The van der Waals surface area contributed by atoms with Gasteiger partial charge in [0.05, 0.1) is 18.0 Å². The maximum atomic E-state index is 13.5. The molecule has 120 valence electrons. The highest BCUT2D eigenvalue weighted by Crippen LogP contribution is 2.37. The molecule has 2 N–H and O–H groups in total. The first kappa shape index (κ1) is 16.1. The molecular weight excluding hydrogens is 313 g/mol. The van der Waals surface area contributed by atoms with Crippen LogP contribution in [0.25, 0.3) is 0 Å². The first-order valence-corrected chi connectivity index (χ1v) is 6.07. The predicted molar refractivity (Wildman–Crippen MR) is 62.3 cm³/mol. The van der Waals surface area contributed by atoms with Gasteiger partial charge >= 0.3 is 6.18 Å². The molecule has 2 rings (SSSR count). The number of pyridine rings is 1. The van der Waals surface area contributed by atoms with Crippen LogP contribution in [0.1, 0.15) is 10.5 Å². The molecule has 10 heteroatoms. The average Bonchev–Trinajstić information content (AvgIpc) is 2.83. The zero-order valence-electron chi connectivity index (χ0n) is 10.9. The van der Waals surface area contributed by atoms with E-state index in [4.69, 9.17) is 5.73 Å². The van der Waals surface area contributed by atoms with Crippen molar-refractivity contribution in [3.05, 3.63) is 29.6 Å². The summed E-state index contributed by atoms with van der Waals surface area (Å²) in [6.07, 6.45) is -4.16. The normalized spacial score (nSPS) is 22.0. The Morgan fingerprint density at radius 3 is 2.36 bits per heavy atom. The molecular formula is C12H10F5N3O2. The lowest BCUT2D eigenvalue weighted by Gasteiger charge is -2.18. The van der Waals surface area contributed by atoms with Crippen LogP contribution in [0, 0.1) is 23.5 Å². The predicted octanol–water partition coefficient (Wildman–Crippen LogP) is 1.10. The fourth-order valence-electron chi connectivity index (χ4n) is 2.31. The molecule has 0 saturated carbocycles. The van der Waals surface area contributed by atoms with Crippen LogP contribution in [-0.2, 0) is 4.79 Å². The van der Waals surface area contributed by atoms with Gasteiger partial charge in [0.15, 0.2) is 11.5 Å². The van der Waals surface area contributed by atoms with Gasteiger partial charge in [-0.15, -0.1) is 0 Å². The van der Waals surface area contributed by atoms with Crippen molar-refractivity contribution in [3.8, 4) is 0 Å². The van der Waals surface area contributed by atoms with Crippen LogP contribution in [0.5, 0.6) is 0 Å². The molecule has 1 aromatic heterocycles. The largest absolute Gasteiger partial charge is 0.394 e. The molecule has 2 amide bonds. The first-order chi connectivity index (χ1) is 10.1. The van der Waals surface area contributed by atoms with E-state index in [0.29, 0.717) is 17.2 Å². The van der Waals surface area contributed by atoms with Gasteiger partial charge in [-0.25, -0.2) is 13.8 Å². The number of hydrogen-bond donors (Lipinski definition) is 1. The van der Waals surface area contributed by atoms with E-state index in [-0.39, 0.29) is 0 Å². The van der Waals surface area contributed by atoms with Crippen molar-refractivity contribution in [1.82, 2.24) is 9.88 Å². The smallest absolute Gasteiger partial charge is 0.369 e. The lowest BCUT2D eigenvalue weighted by Crippen LogP contribution is -2.37. The second kappa shape index (κ2) is 5.50. The second-order valence-electron chi connectivity index (χ2n) is 4.85. The number of amides is 2. The molecule has 2 heterocycles. The van der Waals surface area contributed by atoms with Gasteiger partial charge in [0.1, 0.15) is 5.82 Å². The van der Waals surface area contributed by atoms with E-state index < -0.39 is 60.2 Å². The quantitative estimate of drug-likeness (QED) is 0.828. The van der Waals surface area contributed by atoms with E-state index in [9.17, 15) is 31.5 Å². The Balaban J connectivity index is 2.27. The molecule has 0 aliphatic carbocycles. The molecule has 5 nitrogen and oxygen atoms in total. The molecule has 22 heavy (non-hydrogen) atoms. The van der Waals surface area contributed by atoms with Crippen molar-refractivity contribution < 1.29 is 31.5 Å². The monoisotopic (exact) mass is 323 g/mol. The highest BCUT2D eigenvalue weighted by molar-refractivity contribution is 5.93. The van der Waals surface area contributed by atoms with E-state index in [0.717, 1.165) is 0 Å². The van der Waals surface area contributed by atoms with Gasteiger partial charge in [0.25, 0.3) is 5.91 Å². The van der Waals surface area contributed by atoms with Gasteiger partial charge in [0.2, 0.25) is 5.91 Å². The molecule has 1 saturated heterocycles. The summed E-state index contributed by atoms with van der Waals surface area (Å²) in [5.74, 6) is -8.43. The van der Waals surface area contributed by atoms with Crippen molar-refractivity contribution in [2.45, 2.75) is 6.18 Å². The van der Waals surface area contributed by atoms with Crippen molar-refractivity contribution in [3.63, 3.8) is 0 Å². The molecule has 1 aliphatic rings. The number of nitrogens with zero attached hydrogens (tertiary/aromatic N) is 2. The number of alkyl halides is 3. The third kappa shape index (κ3) is 3.00. The van der Waals surface area contributed by atoms with Crippen LogP contribution < -0.4 is 5.73 Å². The number of likely N-dealkylation sites (tertiary alicyclic amines) is 1. The fourth-order valence-corrected chi connectivity index (χ4v) is 2.31. The van der Waals surface area contributed by atoms with E-state index in [1.54, 1.807) is 0 Å². The summed E-state index contributed by atoms with van der Waals surface area (Å²) in [6.45, 7) is -1.44. The third-order valence-corrected chi connectivity index (χ3v) is 3.40. The number of nitrogens with two attached hydrogens (primary N) is 1. The molecule has 0 bridgehead atoms. The standard InChI is InChI=1S/C12H10F5N3O2/c13-5-1-8(14)9(19-2-5)11(22)20-3-6(10(18)21)7(4-20)12(15,16)17/h1-2,6-7H,3-4H2,(H2,18,21)/t6-,7-/m1/s1. The van der Waals surface area contributed by atoms with Gasteiger partial charge in [-0.3, -0.25) is 9.59 Å². The number of halogens is 5. The summed E-state index contributed by atoms with van der Waals surface area (Å²) in [4.78, 5) is 27.0. The van der Waals surface area contributed by atoms with Crippen molar-refractivity contribution in [1.29, 1.82) is 0 Å². The number of rotatable bonds is 2. The minimum absolute atomic E-state index is 0.392. The van der Waals surface area contributed by atoms with Crippen molar-refractivity contribution >= 4 is 11.8 Å². The molecule has 0 radical (unpaired) electrons. The Kier molecular flexibility index (Phi) is 4.03. The fraction of sp³-hybridized carbons (Fsp3) is 0.417. The molecule has 1 aliphatic heterocycles. The van der Waals surface area contributed by atoms with Crippen LogP contribution in [0.15, 0.2) is 12.3 Å². The number of hydrogen-bond acceptors (Lipinski definition) is 3. The summed E-state index contributed by atoms with van der Waals surface area (Å²) in [5, 5.41) is 0. The van der Waals surface area contributed by atoms with Crippen LogP contribution in [0.3, 0.4) is 0 Å². The number of aromatic nitrogens is 1. The van der Waals surface area contributed by atoms with Crippen LogP contribution in [-0.4, -0.2) is 41.0 Å². The molecule has 1 aromatic rings. The Labute approximate surface area is 120 Å². The number of carbonyl (C=O) groups excluding carboxylic acids is 2. The van der Waals surface area contributed by atoms with Crippen molar-refractivity contribution in [2.24, 2.45) is 17.6 Å². The highest BCUT2D eigenvalue weighted by Gasteiger charge is 2.53. The van der Waals surface area contributed by atoms with Crippen molar-refractivity contribution in [2.75, 3.05) is 13.1 Å². The average molecular weight is 323 g/mol. The van der Waals surface area contributed by atoms with Gasteiger partial charge < -0.3 is 10.6 Å².